The van der Waals surface area contributed by atoms with Gasteiger partial charge in [0.1, 0.15) is 5.15 Å². The molecule has 2 rings (SSSR count). The molecule has 0 atom stereocenters. The second-order valence-corrected chi connectivity index (χ2v) is 4.39. The van der Waals surface area contributed by atoms with Gasteiger partial charge in [-0.2, -0.15) is 0 Å². The van der Waals surface area contributed by atoms with Gasteiger partial charge in [-0.05, 0) is 25.5 Å². The van der Waals surface area contributed by atoms with E-state index >= 15 is 0 Å². The summed E-state index contributed by atoms with van der Waals surface area (Å²) < 4.78 is 5.16. The van der Waals surface area contributed by atoms with Crippen LogP contribution in [0.5, 0.6) is 0 Å². The van der Waals surface area contributed by atoms with Gasteiger partial charge in [-0.3, -0.25) is 0 Å². The number of ether oxygens (including phenoxy) is 1. The van der Waals surface area contributed by atoms with Crippen LogP contribution >= 0.6 is 11.6 Å². The van der Waals surface area contributed by atoms with Crippen LogP contribution in [0.15, 0.2) is 12.3 Å². The summed E-state index contributed by atoms with van der Waals surface area (Å²) in [5.41, 5.74) is 2.19. The summed E-state index contributed by atoms with van der Waals surface area (Å²) in [7, 11) is 0. The van der Waals surface area contributed by atoms with Gasteiger partial charge in [0.05, 0.1) is 30.6 Å². The Morgan fingerprint density at radius 1 is 1.57 bits per heavy atom. The predicted molar refractivity (Wildman–Crippen MR) is 56.8 cm³/mol. The number of rotatable bonds is 2. The molecule has 1 saturated heterocycles. The van der Waals surface area contributed by atoms with Crippen molar-refractivity contribution in [1.82, 2.24) is 4.98 Å². The Hall–Kier alpha value is -0.800. The van der Waals surface area contributed by atoms with Crippen LogP contribution in [0, 0.1) is 6.92 Å². The number of aryl methyl sites for hydroxylation is 1. The summed E-state index contributed by atoms with van der Waals surface area (Å²) >= 11 is 5.77. The molecule has 14 heavy (non-hydrogen) atoms. The normalized spacial score (nSPS) is 18.8. The first kappa shape index (κ1) is 9.74. The number of anilines is 1. The standard InChI is InChI=1S/C10H13ClN2O/c1-7-3-9(11)12-4-8(7)13-10(2)5-14-6-10/h3-4,13H,5-6H2,1-2H3. The fourth-order valence-electron chi connectivity index (χ4n) is 1.46. The lowest BCUT2D eigenvalue weighted by atomic mass is 10.00. The smallest absolute Gasteiger partial charge is 0.129 e. The van der Waals surface area contributed by atoms with Crippen LogP contribution in [-0.4, -0.2) is 23.7 Å². The van der Waals surface area contributed by atoms with E-state index in [1.54, 1.807) is 6.20 Å². The maximum absolute atomic E-state index is 5.77. The Bertz CT molecular complexity index is 350. The molecule has 1 fully saturated rings. The van der Waals surface area contributed by atoms with E-state index in [0.29, 0.717) is 5.15 Å². The Morgan fingerprint density at radius 2 is 2.29 bits per heavy atom. The zero-order valence-corrected chi connectivity index (χ0v) is 9.06. The summed E-state index contributed by atoms with van der Waals surface area (Å²) in [4.78, 5) is 4.04. The summed E-state index contributed by atoms with van der Waals surface area (Å²) in [6, 6.07) is 1.85. The van der Waals surface area contributed by atoms with Crippen LogP contribution in [0.1, 0.15) is 12.5 Å². The van der Waals surface area contributed by atoms with Crippen molar-refractivity contribution in [2.75, 3.05) is 18.5 Å². The molecule has 2 heterocycles. The minimum atomic E-state index is 0.0558. The van der Waals surface area contributed by atoms with Gasteiger partial charge in [0, 0.05) is 0 Å². The quantitative estimate of drug-likeness (QED) is 0.764. The fourth-order valence-corrected chi connectivity index (χ4v) is 1.67. The van der Waals surface area contributed by atoms with Gasteiger partial charge in [-0.1, -0.05) is 11.6 Å². The Labute approximate surface area is 88.4 Å². The summed E-state index contributed by atoms with van der Waals surface area (Å²) in [5, 5.41) is 3.93. The lowest BCUT2D eigenvalue weighted by Gasteiger charge is -2.39. The molecule has 1 aromatic rings. The van der Waals surface area contributed by atoms with Gasteiger partial charge >= 0.3 is 0 Å². The average molecular weight is 213 g/mol. The van der Waals surface area contributed by atoms with Crippen molar-refractivity contribution in [3.63, 3.8) is 0 Å². The summed E-state index contributed by atoms with van der Waals surface area (Å²) in [6.45, 7) is 5.63. The van der Waals surface area contributed by atoms with Crippen molar-refractivity contribution in [2.45, 2.75) is 19.4 Å². The number of nitrogens with zero attached hydrogens (tertiary/aromatic N) is 1. The molecule has 0 radical (unpaired) electrons. The second-order valence-electron chi connectivity index (χ2n) is 4.00. The monoisotopic (exact) mass is 212 g/mol. The predicted octanol–water partition coefficient (Wildman–Crippen LogP) is 2.24. The highest BCUT2D eigenvalue weighted by atomic mass is 35.5. The van der Waals surface area contributed by atoms with Crippen molar-refractivity contribution in [2.24, 2.45) is 0 Å². The van der Waals surface area contributed by atoms with E-state index in [9.17, 15) is 0 Å². The third-order valence-electron chi connectivity index (χ3n) is 2.36. The van der Waals surface area contributed by atoms with Crippen LogP contribution in [-0.2, 0) is 4.74 Å². The molecule has 0 saturated carbocycles. The van der Waals surface area contributed by atoms with E-state index in [1.807, 2.05) is 13.0 Å². The molecule has 1 N–H and O–H groups in total. The van der Waals surface area contributed by atoms with E-state index in [2.05, 4.69) is 17.2 Å². The number of halogens is 1. The molecule has 0 aliphatic carbocycles. The van der Waals surface area contributed by atoms with Crippen LogP contribution < -0.4 is 5.32 Å². The molecule has 0 unspecified atom stereocenters. The topological polar surface area (TPSA) is 34.2 Å². The molecule has 4 heteroatoms. The third-order valence-corrected chi connectivity index (χ3v) is 2.56. The van der Waals surface area contributed by atoms with E-state index in [-0.39, 0.29) is 5.54 Å². The van der Waals surface area contributed by atoms with Crippen molar-refractivity contribution < 1.29 is 4.74 Å². The summed E-state index contributed by atoms with van der Waals surface area (Å²) in [6.07, 6.45) is 1.77. The molecule has 76 valence electrons. The lowest BCUT2D eigenvalue weighted by molar-refractivity contribution is -0.0318. The first-order valence-electron chi connectivity index (χ1n) is 4.57. The van der Waals surface area contributed by atoms with Crippen molar-refractivity contribution in [1.29, 1.82) is 0 Å². The zero-order valence-electron chi connectivity index (χ0n) is 8.30. The average Bonchev–Trinajstić information content (AvgIpc) is 2.07. The minimum absolute atomic E-state index is 0.0558. The highest BCUT2D eigenvalue weighted by molar-refractivity contribution is 6.29. The van der Waals surface area contributed by atoms with Crippen molar-refractivity contribution >= 4 is 17.3 Å². The molecule has 0 bridgehead atoms. The van der Waals surface area contributed by atoms with Gasteiger partial charge < -0.3 is 10.1 Å². The molecule has 0 aromatic carbocycles. The maximum Gasteiger partial charge on any atom is 0.129 e. The fraction of sp³-hybridized carbons (Fsp3) is 0.500. The first-order valence-corrected chi connectivity index (χ1v) is 4.95. The van der Waals surface area contributed by atoms with Gasteiger partial charge in [-0.25, -0.2) is 4.98 Å². The van der Waals surface area contributed by atoms with Gasteiger partial charge in [0.2, 0.25) is 0 Å². The minimum Gasteiger partial charge on any atom is -0.376 e. The molecule has 3 nitrogen and oxygen atoms in total. The van der Waals surface area contributed by atoms with E-state index in [1.165, 1.54) is 0 Å². The largest absolute Gasteiger partial charge is 0.376 e. The van der Waals surface area contributed by atoms with Gasteiger partial charge in [0.15, 0.2) is 0 Å². The highest BCUT2D eigenvalue weighted by Gasteiger charge is 2.33. The second kappa shape index (κ2) is 3.41. The van der Waals surface area contributed by atoms with Gasteiger partial charge in [0.25, 0.3) is 0 Å². The van der Waals surface area contributed by atoms with Gasteiger partial charge in [-0.15, -0.1) is 0 Å². The highest BCUT2D eigenvalue weighted by Crippen LogP contribution is 2.25. The van der Waals surface area contributed by atoms with Crippen molar-refractivity contribution in [3.05, 3.63) is 23.0 Å². The van der Waals surface area contributed by atoms with Crippen LogP contribution in [0.25, 0.3) is 0 Å². The third kappa shape index (κ3) is 1.83. The number of hydrogen-bond acceptors (Lipinski definition) is 3. The van der Waals surface area contributed by atoms with Crippen LogP contribution in [0.4, 0.5) is 5.69 Å². The van der Waals surface area contributed by atoms with E-state index in [0.717, 1.165) is 24.5 Å². The number of hydrogen-bond donors (Lipinski definition) is 1. The summed E-state index contributed by atoms with van der Waals surface area (Å²) in [5.74, 6) is 0. The molecule has 0 amide bonds. The zero-order chi connectivity index (χ0) is 10.2. The molecular formula is C10H13ClN2O. The molecular weight excluding hydrogens is 200 g/mol. The maximum atomic E-state index is 5.77. The SMILES string of the molecule is Cc1cc(Cl)ncc1NC1(C)COC1. The van der Waals surface area contributed by atoms with E-state index in [4.69, 9.17) is 16.3 Å². The number of pyridine rings is 1. The van der Waals surface area contributed by atoms with E-state index < -0.39 is 0 Å². The molecule has 1 aliphatic rings. The van der Waals surface area contributed by atoms with Crippen LogP contribution in [0.2, 0.25) is 5.15 Å². The Balaban J connectivity index is 2.16. The number of nitrogens with one attached hydrogen (secondary N) is 1. The molecule has 0 spiro atoms. The molecule has 1 aromatic heterocycles. The van der Waals surface area contributed by atoms with Crippen LogP contribution in [0.3, 0.4) is 0 Å². The lowest BCUT2D eigenvalue weighted by Crippen LogP contribution is -2.53. The Morgan fingerprint density at radius 3 is 2.79 bits per heavy atom. The first-order chi connectivity index (χ1) is 6.59. The van der Waals surface area contributed by atoms with Crippen molar-refractivity contribution in [3.8, 4) is 0 Å². The molecule has 1 aliphatic heterocycles. The Kier molecular flexibility index (Phi) is 2.37. The number of aromatic nitrogens is 1.